The molecule has 0 aromatic heterocycles. The Balaban J connectivity index is 0.00000308. The van der Waals surface area contributed by atoms with Crippen molar-refractivity contribution in [2.75, 3.05) is 20.1 Å². The number of likely N-dealkylation sites (tertiary alicyclic amines) is 1. The first-order valence-corrected chi connectivity index (χ1v) is 14.4. The molecule has 0 radical (unpaired) electrons. The SMILES string of the molecule is C[N+]1([C@H]2[C@H]3CC[C@@H]2[C@H](OC(=O)C(O)(c2ccccc2)c2ccccc2)C3)CCC(Cc2ccccc2)CC1.[Br-]. The van der Waals surface area contributed by atoms with Gasteiger partial charge in [0.05, 0.1) is 26.2 Å². The van der Waals surface area contributed by atoms with Gasteiger partial charge in [0.25, 0.3) is 0 Å². The number of hydrogen-bond donors (Lipinski definition) is 1. The van der Waals surface area contributed by atoms with Crippen LogP contribution in [0.25, 0.3) is 0 Å². The van der Waals surface area contributed by atoms with Gasteiger partial charge in [-0.25, -0.2) is 4.79 Å². The van der Waals surface area contributed by atoms with E-state index in [1.807, 2.05) is 60.7 Å². The molecule has 2 aliphatic carbocycles. The normalized spacial score (nSPS) is 29.9. The van der Waals surface area contributed by atoms with Crippen molar-refractivity contribution in [2.24, 2.45) is 17.8 Å². The molecule has 1 aliphatic heterocycles. The summed E-state index contributed by atoms with van der Waals surface area (Å²) in [6, 6.07) is 29.9. The van der Waals surface area contributed by atoms with E-state index in [9.17, 15) is 9.90 Å². The van der Waals surface area contributed by atoms with E-state index in [2.05, 4.69) is 37.4 Å². The maximum atomic E-state index is 13.8. The number of benzene rings is 3. The van der Waals surface area contributed by atoms with Crippen molar-refractivity contribution in [2.45, 2.75) is 56.3 Å². The van der Waals surface area contributed by atoms with Gasteiger partial charge < -0.3 is 31.3 Å². The van der Waals surface area contributed by atoms with Gasteiger partial charge in [-0.3, -0.25) is 0 Å². The summed E-state index contributed by atoms with van der Waals surface area (Å²) in [6.07, 6.45) is 6.83. The van der Waals surface area contributed by atoms with E-state index in [1.165, 1.54) is 44.3 Å². The summed E-state index contributed by atoms with van der Waals surface area (Å²) in [6.45, 7) is 2.40. The van der Waals surface area contributed by atoms with E-state index >= 15 is 0 Å². The standard InChI is InChI=1S/C34H40NO3.BrH/c1-35(21-19-26(20-22-35)23-25-11-5-2-6-12-25)32-27-17-18-30(32)31(24-27)38-33(36)34(37,28-13-7-3-8-14-28)29-15-9-4-10-16-29;/h2-16,26-27,30-32,37H,17-24H2,1H3;1H/q+1;/p-1/t26?,27-,30+,31+,32-,35?;/m0./s1. The highest BCUT2D eigenvalue weighted by Gasteiger charge is 2.59. The smallest absolute Gasteiger partial charge is 0.347 e. The first-order valence-electron chi connectivity index (χ1n) is 14.4. The number of fused-ring (bicyclic) bond motifs is 2. The van der Waals surface area contributed by atoms with Crippen LogP contribution in [0.4, 0.5) is 0 Å². The summed E-state index contributed by atoms with van der Waals surface area (Å²) >= 11 is 0. The monoisotopic (exact) mass is 589 g/mol. The van der Waals surface area contributed by atoms with Crippen LogP contribution in [-0.4, -0.2) is 47.8 Å². The second-order valence-corrected chi connectivity index (χ2v) is 12.2. The zero-order chi connectivity index (χ0) is 26.2. The number of hydrogen-bond acceptors (Lipinski definition) is 3. The molecule has 1 heterocycles. The van der Waals surface area contributed by atoms with Gasteiger partial charge in [0.1, 0.15) is 6.10 Å². The predicted molar refractivity (Wildman–Crippen MR) is 149 cm³/mol. The Bertz CT molecular complexity index is 1190. The number of halogens is 1. The highest BCUT2D eigenvalue weighted by molar-refractivity contribution is 5.85. The minimum absolute atomic E-state index is 0. The van der Waals surface area contributed by atoms with Crippen molar-refractivity contribution in [1.29, 1.82) is 0 Å². The van der Waals surface area contributed by atoms with Crippen LogP contribution in [0.3, 0.4) is 0 Å². The molecule has 0 spiro atoms. The summed E-state index contributed by atoms with van der Waals surface area (Å²) in [5.41, 5.74) is 0.741. The van der Waals surface area contributed by atoms with Crippen LogP contribution in [0.15, 0.2) is 91.0 Å². The third kappa shape index (κ3) is 5.33. The third-order valence-corrected chi connectivity index (χ3v) is 9.93. The van der Waals surface area contributed by atoms with Crippen molar-refractivity contribution in [3.8, 4) is 0 Å². The zero-order valence-electron chi connectivity index (χ0n) is 22.8. The Morgan fingerprint density at radius 3 is 1.95 bits per heavy atom. The minimum Gasteiger partial charge on any atom is -1.00 e. The van der Waals surface area contributed by atoms with E-state index in [-0.39, 0.29) is 23.1 Å². The summed E-state index contributed by atoms with van der Waals surface area (Å²) in [5.74, 6) is 1.17. The Kier molecular flexibility index (Phi) is 8.32. The quantitative estimate of drug-likeness (QED) is 0.340. The van der Waals surface area contributed by atoms with Gasteiger partial charge in [0.2, 0.25) is 5.60 Å². The van der Waals surface area contributed by atoms with Crippen LogP contribution in [0.1, 0.15) is 48.8 Å². The number of nitrogens with zero attached hydrogens (tertiary/aromatic N) is 1. The maximum absolute atomic E-state index is 13.8. The first-order chi connectivity index (χ1) is 18.5. The van der Waals surface area contributed by atoms with Crippen LogP contribution in [-0.2, 0) is 21.6 Å². The number of rotatable bonds is 7. The van der Waals surface area contributed by atoms with E-state index in [4.69, 9.17) is 4.74 Å². The second kappa shape index (κ2) is 11.6. The van der Waals surface area contributed by atoms with Crippen LogP contribution in [0.2, 0.25) is 0 Å². The average Bonchev–Trinajstić information content (AvgIpc) is 3.54. The van der Waals surface area contributed by atoms with Gasteiger partial charge in [-0.1, -0.05) is 91.0 Å². The minimum atomic E-state index is -1.81. The third-order valence-electron chi connectivity index (χ3n) is 9.93. The number of ether oxygens (including phenoxy) is 1. The molecular weight excluding hydrogens is 550 g/mol. The van der Waals surface area contributed by atoms with Crippen molar-refractivity contribution >= 4 is 5.97 Å². The van der Waals surface area contributed by atoms with Crippen LogP contribution in [0.5, 0.6) is 0 Å². The van der Waals surface area contributed by atoms with Crippen molar-refractivity contribution in [1.82, 2.24) is 0 Å². The zero-order valence-corrected chi connectivity index (χ0v) is 24.4. The Morgan fingerprint density at radius 2 is 1.38 bits per heavy atom. The fourth-order valence-corrected chi connectivity index (χ4v) is 7.99. The lowest BCUT2D eigenvalue weighted by Crippen LogP contribution is -3.00. The molecule has 5 heteroatoms. The first kappa shape index (κ1) is 28.1. The van der Waals surface area contributed by atoms with Gasteiger partial charge in [-0.15, -0.1) is 0 Å². The lowest BCUT2D eigenvalue weighted by molar-refractivity contribution is -0.943. The molecule has 0 amide bonds. The highest BCUT2D eigenvalue weighted by atomic mass is 79.9. The number of carbonyl (C=O) groups is 1. The largest absolute Gasteiger partial charge is 1.00 e. The number of aliphatic hydroxyl groups is 1. The predicted octanol–water partition coefficient (Wildman–Crippen LogP) is 2.74. The lowest BCUT2D eigenvalue weighted by Gasteiger charge is -2.47. The fraction of sp³-hybridized carbons (Fsp3) is 0.441. The molecule has 39 heavy (non-hydrogen) atoms. The molecule has 4 nitrogen and oxygen atoms in total. The maximum Gasteiger partial charge on any atom is 0.347 e. The molecule has 206 valence electrons. The van der Waals surface area contributed by atoms with E-state index in [0.29, 0.717) is 29.0 Å². The molecule has 4 atom stereocenters. The van der Waals surface area contributed by atoms with Gasteiger partial charge >= 0.3 is 5.97 Å². The van der Waals surface area contributed by atoms with Crippen molar-refractivity contribution < 1.29 is 36.1 Å². The average molecular weight is 591 g/mol. The Hall–Kier alpha value is -2.47. The molecule has 3 fully saturated rings. The Morgan fingerprint density at radius 1 is 0.846 bits per heavy atom. The summed E-state index contributed by atoms with van der Waals surface area (Å²) < 4.78 is 7.39. The topological polar surface area (TPSA) is 46.5 Å². The molecule has 3 aromatic carbocycles. The van der Waals surface area contributed by atoms with Gasteiger partial charge in [0.15, 0.2) is 0 Å². The highest BCUT2D eigenvalue weighted by Crippen LogP contribution is 2.52. The molecule has 3 aromatic rings. The second-order valence-electron chi connectivity index (χ2n) is 12.2. The molecule has 1 saturated heterocycles. The van der Waals surface area contributed by atoms with E-state index < -0.39 is 11.6 Å². The molecule has 2 saturated carbocycles. The summed E-state index contributed by atoms with van der Waals surface area (Å²) in [4.78, 5) is 13.8. The van der Waals surface area contributed by atoms with Crippen molar-refractivity contribution in [3.63, 3.8) is 0 Å². The number of piperidine rings is 1. The molecule has 0 unspecified atom stereocenters. The van der Waals surface area contributed by atoms with Crippen LogP contribution in [0, 0.1) is 17.8 Å². The number of quaternary nitrogens is 1. The molecule has 3 aliphatic rings. The molecule has 1 N–H and O–H groups in total. The number of esters is 1. The van der Waals surface area contributed by atoms with Gasteiger partial charge in [-0.05, 0) is 61.1 Å². The Labute approximate surface area is 243 Å². The van der Waals surface area contributed by atoms with Crippen LogP contribution >= 0.6 is 0 Å². The molecule has 6 rings (SSSR count). The number of carbonyl (C=O) groups excluding carboxylic acids is 1. The lowest BCUT2D eigenvalue weighted by atomic mass is 9.86. The van der Waals surface area contributed by atoms with E-state index in [0.717, 1.165) is 23.2 Å². The molecule has 2 bridgehead atoms. The van der Waals surface area contributed by atoms with Crippen molar-refractivity contribution in [3.05, 3.63) is 108 Å². The van der Waals surface area contributed by atoms with Gasteiger partial charge in [-0.2, -0.15) is 0 Å². The van der Waals surface area contributed by atoms with Crippen LogP contribution < -0.4 is 17.0 Å². The van der Waals surface area contributed by atoms with E-state index in [1.54, 1.807) is 0 Å². The summed E-state index contributed by atoms with van der Waals surface area (Å²) in [7, 11) is 2.45. The van der Waals surface area contributed by atoms with Gasteiger partial charge in [0, 0.05) is 11.8 Å². The fourth-order valence-electron chi connectivity index (χ4n) is 7.99. The molecular formula is C34H40BrNO3. The summed E-state index contributed by atoms with van der Waals surface area (Å²) in [5, 5.41) is 11.9.